The molecule has 2 amide bonds. The van der Waals surface area contributed by atoms with Crippen LogP contribution in [0, 0.1) is 11.8 Å². The molecule has 2 N–H and O–H groups in total. The van der Waals surface area contributed by atoms with E-state index in [0.717, 1.165) is 29.0 Å². The van der Waals surface area contributed by atoms with Gasteiger partial charge in [0.2, 0.25) is 11.8 Å². The minimum absolute atomic E-state index is 0.0134. The highest BCUT2D eigenvalue weighted by atomic mass is 16.2. The number of carbonyl (C=O) groups is 2. The third-order valence-corrected chi connectivity index (χ3v) is 5.33. The van der Waals surface area contributed by atoms with Gasteiger partial charge in [0.1, 0.15) is 5.82 Å². The summed E-state index contributed by atoms with van der Waals surface area (Å²) < 4.78 is 0. The fourth-order valence-electron chi connectivity index (χ4n) is 3.88. The number of hydrogen-bond donors (Lipinski definition) is 2. The Morgan fingerprint density at radius 2 is 1.90 bits per heavy atom. The van der Waals surface area contributed by atoms with Crippen molar-refractivity contribution in [3.05, 3.63) is 60.4 Å². The van der Waals surface area contributed by atoms with E-state index >= 15 is 0 Å². The lowest BCUT2D eigenvalue weighted by Gasteiger charge is -2.21. The Kier molecular flexibility index (Phi) is 5.34. The van der Waals surface area contributed by atoms with Gasteiger partial charge in [0.15, 0.2) is 0 Å². The molecule has 1 aliphatic rings. The SMILES string of the molecule is CC(C)CC(NC(=O)C1CC(=O)N(c2ccccc2)C1)c1nc2ccccc2[nH]1. The van der Waals surface area contributed by atoms with Crippen LogP contribution in [0.3, 0.4) is 0 Å². The molecule has 2 unspecified atom stereocenters. The van der Waals surface area contributed by atoms with Crippen LogP contribution < -0.4 is 10.2 Å². The molecule has 1 aromatic heterocycles. The molecule has 0 aliphatic carbocycles. The first-order valence-corrected chi connectivity index (χ1v) is 10.1. The molecule has 1 aliphatic heterocycles. The van der Waals surface area contributed by atoms with Crippen LogP contribution in [0.2, 0.25) is 0 Å². The molecule has 29 heavy (non-hydrogen) atoms. The van der Waals surface area contributed by atoms with Crippen LogP contribution >= 0.6 is 0 Å². The summed E-state index contributed by atoms with van der Waals surface area (Å²) in [6.07, 6.45) is 1.00. The molecular formula is C23H26N4O2. The summed E-state index contributed by atoms with van der Waals surface area (Å²) in [6.45, 7) is 4.65. The maximum absolute atomic E-state index is 13.0. The zero-order valence-electron chi connectivity index (χ0n) is 16.8. The van der Waals surface area contributed by atoms with E-state index in [9.17, 15) is 9.59 Å². The Bertz CT molecular complexity index is 979. The standard InChI is InChI=1S/C23H26N4O2/c1-15(2)12-20(22-24-18-10-6-7-11-19(18)25-22)26-23(29)16-13-21(28)27(14-16)17-8-4-3-5-9-17/h3-11,15-16,20H,12-14H2,1-2H3,(H,24,25)(H,26,29). The van der Waals surface area contributed by atoms with Crippen molar-refractivity contribution in [1.29, 1.82) is 0 Å². The van der Waals surface area contributed by atoms with E-state index in [1.165, 1.54) is 0 Å². The minimum Gasteiger partial charge on any atom is -0.346 e. The normalized spacial score (nSPS) is 17.8. The summed E-state index contributed by atoms with van der Waals surface area (Å²) in [5, 5.41) is 3.15. The molecule has 2 atom stereocenters. The van der Waals surface area contributed by atoms with Crippen molar-refractivity contribution in [1.82, 2.24) is 15.3 Å². The van der Waals surface area contributed by atoms with E-state index in [0.29, 0.717) is 12.5 Å². The van der Waals surface area contributed by atoms with Gasteiger partial charge in [-0.1, -0.05) is 44.2 Å². The van der Waals surface area contributed by atoms with Crippen LogP contribution in [0.15, 0.2) is 54.6 Å². The Morgan fingerprint density at radius 3 is 2.62 bits per heavy atom. The average molecular weight is 390 g/mol. The summed E-state index contributed by atoms with van der Waals surface area (Å²) >= 11 is 0. The van der Waals surface area contributed by atoms with Gasteiger partial charge in [-0.05, 0) is 36.6 Å². The third kappa shape index (κ3) is 4.16. The maximum atomic E-state index is 13.0. The number of nitrogens with zero attached hydrogens (tertiary/aromatic N) is 2. The van der Waals surface area contributed by atoms with E-state index in [1.54, 1.807) is 4.90 Å². The predicted molar refractivity (Wildman–Crippen MR) is 113 cm³/mol. The van der Waals surface area contributed by atoms with Gasteiger partial charge < -0.3 is 15.2 Å². The molecule has 4 rings (SSSR count). The number of anilines is 1. The average Bonchev–Trinajstić information content (AvgIpc) is 3.31. The number of carbonyl (C=O) groups excluding carboxylic acids is 2. The number of aromatic nitrogens is 2. The smallest absolute Gasteiger partial charge is 0.227 e. The number of rotatable bonds is 6. The lowest BCUT2D eigenvalue weighted by atomic mass is 10.0. The molecule has 150 valence electrons. The number of nitrogens with one attached hydrogen (secondary N) is 2. The molecular weight excluding hydrogens is 364 g/mol. The topological polar surface area (TPSA) is 78.1 Å². The fraction of sp³-hybridized carbons (Fsp3) is 0.348. The Labute approximate surface area is 170 Å². The van der Waals surface area contributed by atoms with Gasteiger partial charge in [-0.15, -0.1) is 0 Å². The fourth-order valence-corrected chi connectivity index (χ4v) is 3.88. The van der Waals surface area contributed by atoms with E-state index < -0.39 is 0 Å². The molecule has 0 spiro atoms. The van der Waals surface area contributed by atoms with Crippen molar-refractivity contribution in [3.8, 4) is 0 Å². The number of aromatic amines is 1. The van der Waals surface area contributed by atoms with Gasteiger partial charge in [-0.25, -0.2) is 4.98 Å². The molecule has 1 fully saturated rings. The molecule has 1 saturated heterocycles. The molecule has 3 aromatic rings. The first kappa shape index (κ1) is 19.2. The summed E-state index contributed by atoms with van der Waals surface area (Å²) in [5.41, 5.74) is 2.68. The van der Waals surface area contributed by atoms with Crippen molar-refractivity contribution < 1.29 is 9.59 Å². The first-order chi connectivity index (χ1) is 14.0. The maximum Gasteiger partial charge on any atom is 0.227 e. The van der Waals surface area contributed by atoms with Crippen molar-refractivity contribution in [2.24, 2.45) is 11.8 Å². The number of amides is 2. The van der Waals surface area contributed by atoms with Crippen LogP contribution in [0.25, 0.3) is 11.0 Å². The summed E-state index contributed by atoms with van der Waals surface area (Å²) in [6, 6.07) is 17.1. The second-order valence-corrected chi connectivity index (χ2v) is 8.07. The quantitative estimate of drug-likeness (QED) is 0.672. The molecule has 0 saturated carbocycles. The van der Waals surface area contributed by atoms with E-state index in [2.05, 4.69) is 29.1 Å². The second-order valence-electron chi connectivity index (χ2n) is 8.07. The highest BCUT2D eigenvalue weighted by molar-refractivity contribution is 6.00. The van der Waals surface area contributed by atoms with E-state index in [1.807, 2.05) is 54.6 Å². The largest absolute Gasteiger partial charge is 0.346 e. The van der Waals surface area contributed by atoms with E-state index in [-0.39, 0.29) is 30.2 Å². The first-order valence-electron chi connectivity index (χ1n) is 10.1. The molecule has 0 bridgehead atoms. The Balaban J connectivity index is 1.50. The van der Waals surface area contributed by atoms with Gasteiger partial charge in [-0.2, -0.15) is 0 Å². The number of hydrogen-bond acceptors (Lipinski definition) is 3. The summed E-state index contributed by atoms with van der Waals surface area (Å²) in [7, 11) is 0. The van der Waals surface area contributed by atoms with Crippen LogP contribution in [-0.4, -0.2) is 28.3 Å². The number of para-hydroxylation sites is 3. The van der Waals surface area contributed by atoms with Crippen LogP contribution in [0.5, 0.6) is 0 Å². The zero-order valence-corrected chi connectivity index (χ0v) is 16.8. The Morgan fingerprint density at radius 1 is 1.17 bits per heavy atom. The van der Waals surface area contributed by atoms with E-state index in [4.69, 9.17) is 0 Å². The molecule has 6 nitrogen and oxygen atoms in total. The van der Waals surface area contributed by atoms with Crippen molar-refractivity contribution in [2.75, 3.05) is 11.4 Å². The number of H-pyrrole nitrogens is 1. The molecule has 6 heteroatoms. The van der Waals surface area contributed by atoms with Crippen LogP contribution in [-0.2, 0) is 9.59 Å². The lowest BCUT2D eigenvalue weighted by molar-refractivity contribution is -0.127. The number of fused-ring (bicyclic) bond motifs is 1. The van der Waals surface area contributed by atoms with Crippen LogP contribution in [0.4, 0.5) is 5.69 Å². The second kappa shape index (κ2) is 8.07. The summed E-state index contributed by atoms with van der Waals surface area (Å²) in [5.74, 6) is 0.683. The van der Waals surface area contributed by atoms with Gasteiger partial charge in [0.05, 0.1) is 23.0 Å². The number of benzene rings is 2. The molecule has 0 radical (unpaired) electrons. The van der Waals surface area contributed by atoms with Crippen molar-refractivity contribution >= 4 is 28.5 Å². The van der Waals surface area contributed by atoms with Gasteiger partial charge >= 0.3 is 0 Å². The van der Waals surface area contributed by atoms with Crippen molar-refractivity contribution in [2.45, 2.75) is 32.7 Å². The Hall–Kier alpha value is -3.15. The monoisotopic (exact) mass is 390 g/mol. The lowest BCUT2D eigenvalue weighted by Crippen LogP contribution is -2.36. The molecule has 2 heterocycles. The minimum atomic E-state index is -0.359. The van der Waals surface area contributed by atoms with Gasteiger partial charge in [0.25, 0.3) is 0 Å². The molecule has 2 aromatic carbocycles. The zero-order chi connectivity index (χ0) is 20.4. The van der Waals surface area contributed by atoms with Gasteiger partial charge in [0, 0.05) is 18.7 Å². The van der Waals surface area contributed by atoms with Crippen LogP contribution in [0.1, 0.15) is 38.6 Å². The van der Waals surface area contributed by atoms with Gasteiger partial charge in [-0.3, -0.25) is 9.59 Å². The highest BCUT2D eigenvalue weighted by Gasteiger charge is 2.36. The van der Waals surface area contributed by atoms with Crippen molar-refractivity contribution in [3.63, 3.8) is 0 Å². The predicted octanol–water partition coefficient (Wildman–Crippen LogP) is 3.82. The third-order valence-electron chi connectivity index (χ3n) is 5.33. The highest BCUT2D eigenvalue weighted by Crippen LogP contribution is 2.27. The summed E-state index contributed by atoms with van der Waals surface area (Å²) in [4.78, 5) is 35.2. The number of imidazole rings is 1.